The highest BCUT2D eigenvalue weighted by Gasteiger charge is 2.17. The van der Waals surface area contributed by atoms with Crippen molar-refractivity contribution in [2.75, 3.05) is 20.2 Å². The Balaban J connectivity index is 0.00000112. The van der Waals surface area contributed by atoms with E-state index < -0.39 is 0 Å². The molecule has 0 saturated carbocycles. The Morgan fingerprint density at radius 3 is 2.80 bits per heavy atom. The molecule has 0 aromatic heterocycles. The lowest BCUT2D eigenvalue weighted by Gasteiger charge is -2.10. The zero-order valence-corrected chi connectivity index (χ0v) is 9.44. The van der Waals surface area contributed by atoms with Crippen LogP contribution in [0.15, 0.2) is 18.2 Å². The molecule has 0 amide bonds. The summed E-state index contributed by atoms with van der Waals surface area (Å²) in [5.74, 6) is 0.817. The maximum absolute atomic E-state index is 13.2. The van der Waals surface area contributed by atoms with Gasteiger partial charge in [-0.25, -0.2) is 4.39 Å². The summed E-state index contributed by atoms with van der Waals surface area (Å²) in [5, 5.41) is 3.26. The maximum Gasteiger partial charge on any atom is 0.127 e. The number of rotatable bonds is 2. The third kappa shape index (κ3) is 2.83. The SMILES string of the molecule is COc1cc(F)cc(C2CCNC2)c1.Cl. The normalized spacial score (nSPS) is 19.7. The van der Waals surface area contributed by atoms with Crippen molar-refractivity contribution >= 4 is 12.4 Å². The van der Waals surface area contributed by atoms with Crippen molar-refractivity contribution < 1.29 is 9.13 Å². The molecule has 2 rings (SSSR count). The quantitative estimate of drug-likeness (QED) is 0.844. The highest BCUT2D eigenvalue weighted by atomic mass is 35.5. The molecule has 0 radical (unpaired) electrons. The van der Waals surface area contributed by atoms with Crippen LogP contribution in [0.5, 0.6) is 5.75 Å². The summed E-state index contributed by atoms with van der Waals surface area (Å²) in [5.41, 5.74) is 1.03. The van der Waals surface area contributed by atoms with Crippen LogP contribution >= 0.6 is 12.4 Å². The third-order valence-electron chi connectivity index (χ3n) is 2.66. The first-order valence-electron chi connectivity index (χ1n) is 4.85. The van der Waals surface area contributed by atoms with Crippen LogP contribution < -0.4 is 10.1 Å². The first-order valence-corrected chi connectivity index (χ1v) is 4.85. The number of hydrogen-bond donors (Lipinski definition) is 1. The first-order chi connectivity index (χ1) is 6.79. The van der Waals surface area contributed by atoms with Gasteiger partial charge in [-0.15, -0.1) is 12.4 Å². The van der Waals surface area contributed by atoms with Crippen LogP contribution in [-0.2, 0) is 0 Å². The average molecular weight is 232 g/mol. The fourth-order valence-corrected chi connectivity index (χ4v) is 1.88. The molecule has 1 aromatic carbocycles. The number of nitrogens with one attached hydrogen (secondary N) is 1. The van der Waals surface area contributed by atoms with Gasteiger partial charge in [0.05, 0.1) is 7.11 Å². The van der Waals surface area contributed by atoms with Gasteiger partial charge in [0.25, 0.3) is 0 Å². The Morgan fingerprint density at radius 2 is 2.20 bits per heavy atom. The van der Waals surface area contributed by atoms with Crippen molar-refractivity contribution in [3.8, 4) is 5.75 Å². The zero-order valence-electron chi connectivity index (χ0n) is 8.63. The fraction of sp³-hybridized carbons (Fsp3) is 0.455. The molecule has 84 valence electrons. The standard InChI is InChI=1S/C11H14FNO.ClH/c1-14-11-5-9(4-10(12)6-11)8-2-3-13-7-8;/h4-6,8,13H,2-3,7H2,1H3;1H. The van der Waals surface area contributed by atoms with E-state index in [1.54, 1.807) is 13.2 Å². The number of hydrogen-bond acceptors (Lipinski definition) is 2. The van der Waals surface area contributed by atoms with Gasteiger partial charge in [-0.1, -0.05) is 0 Å². The minimum absolute atomic E-state index is 0. The van der Waals surface area contributed by atoms with Gasteiger partial charge >= 0.3 is 0 Å². The Bertz CT molecular complexity index is 326. The molecule has 1 atom stereocenters. The topological polar surface area (TPSA) is 21.3 Å². The van der Waals surface area contributed by atoms with E-state index in [0.717, 1.165) is 25.1 Å². The number of halogens is 2. The molecule has 1 aliphatic rings. The lowest BCUT2D eigenvalue weighted by Crippen LogP contribution is -2.08. The zero-order chi connectivity index (χ0) is 9.97. The molecule has 1 saturated heterocycles. The van der Waals surface area contributed by atoms with Gasteiger partial charge in [0.15, 0.2) is 0 Å². The largest absolute Gasteiger partial charge is 0.497 e. The van der Waals surface area contributed by atoms with Crippen molar-refractivity contribution in [3.05, 3.63) is 29.6 Å². The minimum atomic E-state index is -0.216. The van der Waals surface area contributed by atoms with Crippen molar-refractivity contribution in [2.24, 2.45) is 0 Å². The number of benzene rings is 1. The van der Waals surface area contributed by atoms with Crippen molar-refractivity contribution in [1.29, 1.82) is 0 Å². The molecule has 0 aliphatic carbocycles. The summed E-state index contributed by atoms with van der Waals surface area (Å²) in [4.78, 5) is 0. The molecule has 1 unspecified atom stereocenters. The van der Waals surface area contributed by atoms with Crippen molar-refractivity contribution in [2.45, 2.75) is 12.3 Å². The van der Waals surface area contributed by atoms with Gasteiger partial charge < -0.3 is 10.1 Å². The van der Waals surface area contributed by atoms with Crippen LogP contribution in [0.3, 0.4) is 0 Å². The van der Waals surface area contributed by atoms with Crippen LogP contribution in [0.4, 0.5) is 4.39 Å². The molecule has 0 spiro atoms. The molecule has 1 aromatic rings. The smallest absolute Gasteiger partial charge is 0.127 e. The molecular formula is C11H15ClFNO. The van der Waals surface area contributed by atoms with Crippen LogP contribution in [-0.4, -0.2) is 20.2 Å². The molecule has 1 heterocycles. The Kier molecular flexibility index (Phi) is 4.36. The van der Waals surface area contributed by atoms with E-state index in [9.17, 15) is 4.39 Å². The Labute approximate surface area is 95.2 Å². The van der Waals surface area contributed by atoms with Crippen LogP contribution in [0.25, 0.3) is 0 Å². The van der Waals surface area contributed by atoms with Gasteiger partial charge in [-0.3, -0.25) is 0 Å². The second-order valence-electron chi connectivity index (χ2n) is 3.61. The highest BCUT2D eigenvalue weighted by Crippen LogP contribution is 2.26. The molecule has 1 N–H and O–H groups in total. The second-order valence-corrected chi connectivity index (χ2v) is 3.61. The monoisotopic (exact) mass is 231 g/mol. The van der Waals surface area contributed by atoms with Gasteiger partial charge in [0, 0.05) is 12.6 Å². The molecule has 15 heavy (non-hydrogen) atoms. The summed E-state index contributed by atoms with van der Waals surface area (Å²) in [7, 11) is 1.56. The summed E-state index contributed by atoms with van der Waals surface area (Å²) in [6.07, 6.45) is 1.08. The fourth-order valence-electron chi connectivity index (χ4n) is 1.88. The van der Waals surface area contributed by atoms with Gasteiger partial charge in [0.1, 0.15) is 11.6 Å². The number of methoxy groups -OCH3 is 1. The summed E-state index contributed by atoms with van der Waals surface area (Å²) >= 11 is 0. The van der Waals surface area contributed by atoms with E-state index in [0.29, 0.717) is 11.7 Å². The van der Waals surface area contributed by atoms with Crippen molar-refractivity contribution in [3.63, 3.8) is 0 Å². The molecule has 2 nitrogen and oxygen atoms in total. The van der Waals surface area contributed by atoms with E-state index in [-0.39, 0.29) is 18.2 Å². The number of ether oxygens (including phenoxy) is 1. The molecule has 4 heteroatoms. The Morgan fingerprint density at radius 1 is 1.40 bits per heavy atom. The molecule has 0 bridgehead atoms. The highest BCUT2D eigenvalue weighted by molar-refractivity contribution is 5.85. The Hall–Kier alpha value is -0.800. The predicted octanol–water partition coefficient (Wildman–Crippen LogP) is 2.33. The summed E-state index contributed by atoms with van der Waals surface area (Å²) in [6.45, 7) is 1.95. The van der Waals surface area contributed by atoms with Gasteiger partial charge in [-0.2, -0.15) is 0 Å². The average Bonchev–Trinajstić information content (AvgIpc) is 2.69. The minimum Gasteiger partial charge on any atom is -0.497 e. The van der Waals surface area contributed by atoms with E-state index in [1.807, 2.05) is 6.07 Å². The third-order valence-corrected chi connectivity index (χ3v) is 2.66. The van der Waals surface area contributed by atoms with Crippen molar-refractivity contribution in [1.82, 2.24) is 5.32 Å². The first kappa shape index (κ1) is 12.3. The molecule has 1 aliphatic heterocycles. The van der Waals surface area contributed by atoms with E-state index in [2.05, 4.69) is 5.32 Å². The summed E-state index contributed by atoms with van der Waals surface area (Å²) in [6, 6.07) is 4.92. The molecule has 1 fully saturated rings. The summed E-state index contributed by atoms with van der Waals surface area (Å²) < 4.78 is 18.2. The van der Waals surface area contributed by atoms with E-state index in [4.69, 9.17) is 4.74 Å². The maximum atomic E-state index is 13.2. The van der Waals surface area contributed by atoms with Crippen LogP contribution in [0.2, 0.25) is 0 Å². The lowest BCUT2D eigenvalue weighted by molar-refractivity contribution is 0.410. The second kappa shape index (κ2) is 5.33. The van der Waals surface area contributed by atoms with Crippen LogP contribution in [0.1, 0.15) is 17.9 Å². The van der Waals surface area contributed by atoms with Crippen LogP contribution in [0, 0.1) is 5.82 Å². The van der Waals surface area contributed by atoms with E-state index in [1.165, 1.54) is 6.07 Å². The molecular weight excluding hydrogens is 217 g/mol. The van der Waals surface area contributed by atoms with Gasteiger partial charge in [-0.05, 0) is 36.6 Å². The van der Waals surface area contributed by atoms with E-state index >= 15 is 0 Å². The lowest BCUT2D eigenvalue weighted by atomic mass is 9.98. The predicted molar refractivity (Wildman–Crippen MR) is 60.4 cm³/mol. The van der Waals surface area contributed by atoms with Gasteiger partial charge in [0.2, 0.25) is 0 Å².